The largest absolute Gasteiger partial charge is 0.490 e. The van der Waals surface area contributed by atoms with Crippen LogP contribution in [0.2, 0.25) is 0 Å². The first-order valence-electron chi connectivity index (χ1n) is 11.9. The van der Waals surface area contributed by atoms with Crippen LogP contribution in [0.25, 0.3) is 16.8 Å². The zero-order valence-corrected chi connectivity index (χ0v) is 22.1. The molecule has 1 N–H and O–H groups in total. The summed E-state index contributed by atoms with van der Waals surface area (Å²) in [5.41, 5.74) is 2.33. The molecule has 1 fully saturated rings. The maximum Gasteiger partial charge on any atom is 0.335 e. The highest BCUT2D eigenvalue weighted by Gasteiger charge is 2.33. The Morgan fingerprint density at radius 2 is 1.76 bits per heavy atom. The van der Waals surface area contributed by atoms with Crippen molar-refractivity contribution in [1.82, 2.24) is 0 Å². The molecule has 1 amide bonds. The number of carboxylic acid groups (broad SMARTS) is 1. The minimum Gasteiger partial charge on any atom is -0.490 e. The third-order valence-electron chi connectivity index (χ3n) is 5.97. The molecule has 0 saturated carbocycles. The summed E-state index contributed by atoms with van der Waals surface area (Å²) >= 11 is 6.61. The molecule has 1 saturated heterocycles. The number of anilines is 1. The van der Waals surface area contributed by atoms with Crippen molar-refractivity contribution < 1.29 is 24.2 Å². The second-order valence-corrected chi connectivity index (χ2v) is 10.1. The van der Waals surface area contributed by atoms with E-state index < -0.39 is 5.97 Å². The third kappa shape index (κ3) is 5.27. The molecule has 4 aromatic carbocycles. The minimum absolute atomic E-state index is 0.0842. The van der Waals surface area contributed by atoms with Gasteiger partial charge >= 0.3 is 5.97 Å². The molecule has 190 valence electrons. The molecule has 0 radical (unpaired) electrons. The van der Waals surface area contributed by atoms with Crippen LogP contribution in [0.4, 0.5) is 5.69 Å². The number of hydrogen-bond acceptors (Lipinski definition) is 6. The topological polar surface area (TPSA) is 76.1 Å². The second kappa shape index (κ2) is 11.1. The quantitative estimate of drug-likeness (QED) is 0.192. The highest BCUT2D eigenvalue weighted by Crippen LogP contribution is 2.38. The van der Waals surface area contributed by atoms with Gasteiger partial charge in [-0.05, 0) is 65.2 Å². The van der Waals surface area contributed by atoms with Crippen molar-refractivity contribution in [3.05, 3.63) is 107 Å². The molecule has 0 aliphatic carbocycles. The van der Waals surface area contributed by atoms with Crippen molar-refractivity contribution >= 4 is 62.7 Å². The Hall–Kier alpha value is -4.14. The van der Waals surface area contributed by atoms with E-state index in [9.17, 15) is 14.7 Å². The number of nitrogens with zero attached hydrogens (tertiary/aromatic N) is 1. The van der Waals surface area contributed by atoms with Crippen molar-refractivity contribution in [2.45, 2.75) is 13.5 Å². The number of thioether (sulfide) groups is 1. The van der Waals surface area contributed by atoms with Gasteiger partial charge in [0.1, 0.15) is 6.61 Å². The van der Waals surface area contributed by atoms with Gasteiger partial charge in [0.25, 0.3) is 5.91 Å². The standard InChI is InChI=1S/C30H23NO5S2/c1-2-35-26-15-19(13-14-25(26)36-18-22-10-5-8-20-7-3-4-12-24(20)22)16-27-28(32)31(30(37)38-27)23-11-6-9-21(17-23)29(33)34/h3-17H,2,18H2,1H3,(H,33,34)/b27-16+. The first kappa shape index (κ1) is 25.5. The molecule has 8 heteroatoms. The van der Waals surface area contributed by atoms with Crippen LogP contribution in [-0.2, 0) is 11.4 Å². The van der Waals surface area contributed by atoms with Gasteiger partial charge in [-0.1, -0.05) is 78.6 Å². The van der Waals surface area contributed by atoms with Gasteiger partial charge in [0.05, 0.1) is 22.8 Å². The number of rotatable bonds is 8. The highest BCUT2D eigenvalue weighted by atomic mass is 32.2. The first-order valence-corrected chi connectivity index (χ1v) is 13.1. The number of thiocarbonyl (C=S) groups is 1. The van der Waals surface area contributed by atoms with E-state index in [1.54, 1.807) is 18.2 Å². The predicted molar refractivity (Wildman–Crippen MR) is 155 cm³/mol. The van der Waals surface area contributed by atoms with Crippen LogP contribution < -0.4 is 14.4 Å². The third-order valence-corrected chi connectivity index (χ3v) is 7.28. The zero-order valence-electron chi connectivity index (χ0n) is 20.4. The molecule has 4 aromatic rings. The van der Waals surface area contributed by atoms with Crippen molar-refractivity contribution in [2.24, 2.45) is 0 Å². The number of carbonyl (C=O) groups excluding carboxylic acids is 1. The Kier molecular flexibility index (Phi) is 7.44. The molecule has 0 unspecified atom stereocenters. The average Bonchev–Trinajstić information content (AvgIpc) is 3.20. The average molecular weight is 542 g/mol. The summed E-state index contributed by atoms with van der Waals surface area (Å²) in [5.74, 6) is -0.197. The van der Waals surface area contributed by atoms with Crippen LogP contribution in [0.1, 0.15) is 28.4 Å². The van der Waals surface area contributed by atoms with Gasteiger partial charge in [-0.3, -0.25) is 9.69 Å². The smallest absolute Gasteiger partial charge is 0.335 e. The van der Waals surface area contributed by atoms with Crippen LogP contribution in [0.3, 0.4) is 0 Å². The van der Waals surface area contributed by atoms with Crippen molar-refractivity contribution in [3.63, 3.8) is 0 Å². The van der Waals surface area contributed by atoms with E-state index in [1.807, 2.05) is 49.4 Å². The van der Waals surface area contributed by atoms with E-state index in [-0.39, 0.29) is 11.5 Å². The Bertz CT molecular complexity index is 1590. The van der Waals surface area contributed by atoms with Crippen LogP contribution >= 0.6 is 24.0 Å². The molecule has 1 aliphatic rings. The van der Waals surface area contributed by atoms with E-state index in [4.69, 9.17) is 21.7 Å². The summed E-state index contributed by atoms with van der Waals surface area (Å²) in [4.78, 5) is 26.3. The molecule has 1 heterocycles. The Morgan fingerprint density at radius 3 is 2.58 bits per heavy atom. The summed E-state index contributed by atoms with van der Waals surface area (Å²) in [6.45, 7) is 2.74. The maximum absolute atomic E-state index is 13.2. The predicted octanol–water partition coefficient (Wildman–Crippen LogP) is 6.92. The number of carboxylic acids is 1. The molecule has 6 nitrogen and oxygen atoms in total. The maximum atomic E-state index is 13.2. The molecule has 0 aromatic heterocycles. The molecule has 0 bridgehead atoms. The molecule has 38 heavy (non-hydrogen) atoms. The lowest BCUT2D eigenvalue weighted by Gasteiger charge is -2.15. The number of benzene rings is 4. The second-order valence-electron chi connectivity index (χ2n) is 8.44. The first-order chi connectivity index (χ1) is 18.4. The van der Waals surface area contributed by atoms with Gasteiger partial charge in [-0.2, -0.15) is 0 Å². The van der Waals surface area contributed by atoms with Crippen molar-refractivity contribution in [3.8, 4) is 11.5 Å². The molecule has 0 spiro atoms. The van der Waals surface area contributed by atoms with Gasteiger partial charge in [-0.15, -0.1) is 0 Å². The minimum atomic E-state index is -1.07. The number of amides is 1. The van der Waals surface area contributed by atoms with Gasteiger partial charge in [0.2, 0.25) is 0 Å². The van der Waals surface area contributed by atoms with Crippen LogP contribution in [0.15, 0.2) is 89.8 Å². The fraction of sp³-hybridized carbons (Fsp3) is 0.100. The SMILES string of the molecule is CCOc1cc(/C=C2/SC(=S)N(c3cccc(C(=O)O)c3)C2=O)ccc1OCc1cccc2ccccc12. The van der Waals surface area contributed by atoms with Gasteiger partial charge in [-0.25, -0.2) is 4.79 Å². The number of carbonyl (C=O) groups is 2. The molecular formula is C30H23NO5S2. The van der Waals surface area contributed by atoms with Crippen LogP contribution in [-0.4, -0.2) is 27.9 Å². The Labute approximate surface area is 229 Å². The van der Waals surface area contributed by atoms with E-state index in [0.717, 1.165) is 21.9 Å². The summed E-state index contributed by atoms with van der Waals surface area (Å²) in [6, 6.07) is 26.0. The fourth-order valence-electron chi connectivity index (χ4n) is 4.20. The lowest BCUT2D eigenvalue weighted by Crippen LogP contribution is -2.27. The van der Waals surface area contributed by atoms with Gasteiger partial charge in [0.15, 0.2) is 15.8 Å². The number of hydrogen-bond donors (Lipinski definition) is 1. The number of aromatic carboxylic acids is 1. The summed E-state index contributed by atoms with van der Waals surface area (Å²) < 4.78 is 12.3. The van der Waals surface area contributed by atoms with E-state index in [0.29, 0.717) is 39.6 Å². The van der Waals surface area contributed by atoms with Crippen molar-refractivity contribution in [1.29, 1.82) is 0 Å². The summed E-state index contributed by atoms with van der Waals surface area (Å²) in [5, 5.41) is 11.6. The van der Waals surface area contributed by atoms with Crippen molar-refractivity contribution in [2.75, 3.05) is 11.5 Å². The van der Waals surface area contributed by atoms with E-state index >= 15 is 0 Å². The summed E-state index contributed by atoms with van der Waals surface area (Å²) in [7, 11) is 0. The monoisotopic (exact) mass is 541 g/mol. The zero-order chi connectivity index (χ0) is 26.6. The Balaban J connectivity index is 1.38. The molecule has 5 rings (SSSR count). The van der Waals surface area contributed by atoms with Crippen LogP contribution in [0.5, 0.6) is 11.5 Å². The van der Waals surface area contributed by atoms with E-state index in [2.05, 4.69) is 18.2 Å². The summed E-state index contributed by atoms with van der Waals surface area (Å²) in [6.07, 6.45) is 1.75. The Morgan fingerprint density at radius 1 is 0.974 bits per heavy atom. The van der Waals surface area contributed by atoms with Gasteiger partial charge < -0.3 is 14.6 Å². The fourth-order valence-corrected chi connectivity index (χ4v) is 5.49. The number of ether oxygens (including phenoxy) is 2. The lowest BCUT2D eigenvalue weighted by molar-refractivity contribution is -0.113. The van der Waals surface area contributed by atoms with E-state index in [1.165, 1.54) is 28.8 Å². The molecule has 0 atom stereocenters. The highest BCUT2D eigenvalue weighted by molar-refractivity contribution is 8.27. The van der Waals surface area contributed by atoms with Crippen LogP contribution in [0, 0.1) is 0 Å². The molecule has 1 aliphatic heterocycles. The number of fused-ring (bicyclic) bond motifs is 1. The normalized spacial score (nSPS) is 14.3. The molecular weight excluding hydrogens is 518 g/mol. The van der Waals surface area contributed by atoms with Gasteiger partial charge in [0, 0.05) is 0 Å². The lowest BCUT2D eigenvalue weighted by atomic mass is 10.1.